The molecule has 7 nitrogen and oxygen atoms in total. The van der Waals surface area contributed by atoms with Gasteiger partial charge in [0.25, 0.3) is 5.91 Å². The van der Waals surface area contributed by atoms with Gasteiger partial charge in [-0.2, -0.15) is 5.10 Å². The Labute approximate surface area is 175 Å². The first-order valence-corrected chi connectivity index (χ1v) is 9.48. The zero-order valence-electron chi connectivity index (χ0n) is 15.5. The fraction of sp³-hybridized carbons (Fsp3) is 0.0952. The van der Waals surface area contributed by atoms with Crippen LogP contribution in [0.25, 0.3) is 0 Å². The third kappa shape index (κ3) is 6.05. The van der Waals surface area contributed by atoms with E-state index in [4.69, 9.17) is 9.15 Å². The largest absolute Gasteiger partial charge is 0.457 e. The molecule has 0 bridgehead atoms. The van der Waals surface area contributed by atoms with Crippen molar-refractivity contribution in [3.05, 3.63) is 82.2 Å². The molecule has 0 aliphatic heterocycles. The van der Waals surface area contributed by atoms with Crippen LogP contribution in [0.4, 0.5) is 5.69 Å². The third-order valence-corrected chi connectivity index (χ3v) is 4.25. The molecule has 0 radical (unpaired) electrons. The summed E-state index contributed by atoms with van der Waals surface area (Å²) in [6.07, 6.45) is 2.79. The number of nitrogens with one attached hydrogen (secondary N) is 2. The van der Waals surface area contributed by atoms with E-state index in [1.807, 2.05) is 31.2 Å². The molecule has 0 atom stereocenters. The Hall–Kier alpha value is -3.39. The number of rotatable bonds is 7. The first kappa shape index (κ1) is 20.3. The lowest BCUT2D eigenvalue weighted by Gasteiger charge is -2.07. The standard InChI is InChI=1S/C21H18BrN3O4/c1-14-4-2-5-17(10-14)23-13-20(26)25-24-12-15-11-16(22)7-8-18(15)29-21(27)19-6-3-9-28-19/h2-12,23H,13H2,1H3,(H,25,26)/b24-12+. The number of hydrogen-bond acceptors (Lipinski definition) is 6. The first-order valence-electron chi connectivity index (χ1n) is 8.69. The Balaban J connectivity index is 1.60. The molecule has 1 amide bonds. The molecule has 8 heteroatoms. The van der Waals surface area contributed by atoms with E-state index >= 15 is 0 Å². The van der Waals surface area contributed by atoms with Crippen LogP contribution in [0.3, 0.4) is 0 Å². The quantitative estimate of drug-likeness (QED) is 0.241. The molecule has 0 saturated heterocycles. The zero-order valence-corrected chi connectivity index (χ0v) is 17.1. The Morgan fingerprint density at radius 2 is 2.03 bits per heavy atom. The van der Waals surface area contributed by atoms with Crippen LogP contribution in [-0.4, -0.2) is 24.6 Å². The van der Waals surface area contributed by atoms with Gasteiger partial charge in [-0.15, -0.1) is 0 Å². The van der Waals surface area contributed by atoms with Crippen molar-refractivity contribution in [3.63, 3.8) is 0 Å². The monoisotopic (exact) mass is 455 g/mol. The molecule has 1 heterocycles. The van der Waals surface area contributed by atoms with E-state index < -0.39 is 5.97 Å². The fourth-order valence-electron chi connectivity index (χ4n) is 2.41. The maximum Gasteiger partial charge on any atom is 0.379 e. The van der Waals surface area contributed by atoms with Gasteiger partial charge in [-0.1, -0.05) is 28.1 Å². The van der Waals surface area contributed by atoms with Gasteiger partial charge in [-0.25, -0.2) is 10.2 Å². The number of anilines is 1. The van der Waals surface area contributed by atoms with Crippen LogP contribution < -0.4 is 15.5 Å². The third-order valence-electron chi connectivity index (χ3n) is 3.76. The Bertz CT molecular complexity index is 1030. The Kier molecular flexibility index (Phi) is 6.80. The van der Waals surface area contributed by atoms with Gasteiger partial charge in [0.05, 0.1) is 19.0 Å². The predicted molar refractivity (Wildman–Crippen MR) is 113 cm³/mol. The van der Waals surface area contributed by atoms with Gasteiger partial charge in [-0.05, 0) is 55.0 Å². The van der Waals surface area contributed by atoms with Crippen LogP contribution in [0.15, 0.2) is 74.9 Å². The number of nitrogens with zero attached hydrogens (tertiary/aromatic N) is 1. The lowest BCUT2D eigenvalue weighted by molar-refractivity contribution is -0.119. The van der Waals surface area contributed by atoms with E-state index in [2.05, 4.69) is 31.8 Å². The second kappa shape index (κ2) is 9.70. The molecule has 0 fully saturated rings. The topological polar surface area (TPSA) is 92.9 Å². The number of ether oxygens (including phenoxy) is 1. The molecular weight excluding hydrogens is 438 g/mol. The van der Waals surface area contributed by atoms with Gasteiger partial charge < -0.3 is 14.5 Å². The Morgan fingerprint density at radius 1 is 1.17 bits per heavy atom. The number of furan rings is 1. The SMILES string of the molecule is Cc1cccc(NCC(=O)N/N=C/c2cc(Br)ccc2OC(=O)c2ccco2)c1. The van der Waals surface area contributed by atoms with E-state index in [1.165, 1.54) is 18.5 Å². The molecule has 2 N–H and O–H groups in total. The minimum Gasteiger partial charge on any atom is -0.457 e. The summed E-state index contributed by atoms with van der Waals surface area (Å²) in [5.41, 5.74) is 4.89. The van der Waals surface area contributed by atoms with Crippen LogP contribution in [0.5, 0.6) is 5.75 Å². The normalized spacial score (nSPS) is 10.7. The van der Waals surface area contributed by atoms with Crippen LogP contribution in [0.2, 0.25) is 0 Å². The van der Waals surface area contributed by atoms with Gasteiger partial charge in [0.2, 0.25) is 5.76 Å². The van der Waals surface area contributed by atoms with Gasteiger partial charge in [0, 0.05) is 15.7 Å². The predicted octanol–water partition coefficient (Wildman–Crippen LogP) is 4.13. The van der Waals surface area contributed by atoms with Crippen LogP contribution in [0.1, 0.15) is 21.7 Å². The maximum atomic E-state index is 12.1. The molecule has 0 spiro atoms. The van der Waals surface area contributed by atoms with Crippen molar-refractivity contribution in [3.8, 4) is 5.75 Å². The summed E-state index contributed by atoms with van der Waals surface area (Å²) in [4.78, 5) is 24.1. The summed E-state index contributed by atoms with van der Waals surface area (Å²) in [6, 6.07) is 15.9. The van der Waals surface area contributed by atoms with E-state index in [0.717, 1.165) is 15.7 Å². The number of carbonyl (C=O) groups is 2. The number of esters is 1. The number of halogens is 1. The van der Waals surface area contributed by atoms with E-state index in [0.29, 0.717) is 5.56 Å². The second-order valence-corrected chi connectivity index (χ2v) is 6.98. The van der Waals surface area contributed by atoms with E-state index in [-0.39, 0.29) is 24.0 Å². The van der Waals surface area contributed by atoms with Crippen molar-refractivity contribution in [1.82, 2.24) is 5.43 Å². The van der Waals surface area contributed by atoms with Crippen molar-refractivity contribution in [2.75, 3.05) is 11.9 Å². The summed E-state index contributed by atoms with van der Waals surface area (Å²) in [5.74, 6) is -0.568. The first-order chi connectivity index (χ1) is 14.0. The van der Waals surface area contributed by atoms with Gasteiger partial charge in [0.1, 0.15) is 5.75 Å². The van der Waals surface area contributed by atoms with E-state index in [9.17, 15) is 9.59 Å². The van der Waals surface area contributed by atoms with Gasteiger partial charge in [0.15, 0.2) is 0 Å². The Morgan fingerprint density at radius 3 is 2.79 bits per heavy atom. The van der Waals surface area contributed by atoms with Crippen LogP contribution in [0, 0.1) is 6.92 Å². The van der Waals surface area contributed by atoms with Crippen molar-refractivity contribution < 1.29 is 18.7 Å². The molecule has 3 aromatic rings. The average Bonchev–Trinajstić information content (AvgIpc) is 3.23. The summed E-state index contributed by atoms with van der Waals surface area (Å²) < 4.78 is 11.1. The lowest BCUT2D eigenvalue weighted by Crippen LogP contribution is -2.25. The molecule has 0 aliphatic rings. The molecular formula is C21H18BrN3O4. The molecule has 1 aromatic heterocycles. The van der Waals surface area contributed by atoms with E-state index in [1.54, 1.807) is 24.3 Å². The highest BCUT2D eigenvalue weighted by molar-refractivity contribution is 9.10. The highest BCUT2D eigenvalue weighted by atomic mass is 79.9. The zero-order chi connectivity index (χ0) is 20.6. The number of hydrogen-bond donors (Lipinski definition) is 2. The minimum absolute atomic E-state index is 0.0691. The molecule has 148 valence electrons. The molecule has 29 heavy (non-hydrogen) atoms. The van der Waals surface area contributed by atoms with Crippen molar-refractivity contribution in [2.24, 2.45) is 5.10 Å². The van der Waals surface area contributed by atoms with Crippen molar-refractivity contribution in [1.29, 1.82) is 0 Å². The maximum absolute atomic E-state index is 12.1. The molecule has 2 aromatic carbocycles. The summed E-state index contributed by atoms with van der Waals surface area (Å²) in [7, 11) is 0. The number of benzene rings is 2. The van der Waals surface area contributed by atoms with Crippen LogP contribution in [-0.2, 0) is 4.79 Å². The smallest absolute Gasteiger partial charge is 0.379 e. The molecule has 0 saturated carbocycles. The minimum atomic E-state index is -0.627. The number of hydrazone groups is 1. The molecule has 0 aliphatic carbocycles. The summed E-state index contributed by atoms with van der Waals surface area (Å²) in [6.45, 7) is 2.05. The average molecular weight is 456 g/mol. The van der Waals surface area contributed by atoms with Gasteiger partial charge in [-0.3, -0.25) is 4.79 Å². The molecule has 3 rings (SSSR count). The highest BCUT2D eigenvalue weighted by Crippen LogP contribution is 2.23. The van der Waals surface area contributed by atoms with Crippen LogP contribution >= 0.6 is 15.9 Å². The lowest BCUT2D eigenvalue weighted by atomic mass is 10.2. The van der Waals surface area contributed by atoms with Gasteiger partial charge >= 0.3 is 5.97 Å². The fourth-order valence-corrected chi connectivity index (χ4v) is 2.79. The van der Waals surface area contributed by atoms with Crippen molar-refractivity contribution in [2.45, 2.75) is 6.92 Å². The number of aryl methyl sites for hydroxylation is 1. The highest BCUT2D eigenvalue weighted by Gasteiger charge is 2.14. The number of carbonyl (C=O) groups excluding carboxylic acids is 2. The summed E-state index contributed by atoms with van der Waals surface area (Å²) in [5, 5.41) is 6.97. The number of amides is 1. The molecule has 0 unspecified atom stereocenters. The second-order valence-electron chi connectivity index (χ2n) is 6.07. The van der Waals surface area contributed by atoms with Crippen molar-refractivity contribution >= 4 is 39.7 Å². The summed E-state index contributed by atoms with van der Waals surface area (Å²) >= 11 is 3.36.